The third kappa shape index (κ3) is 4.30. The molecule has 1 fully saturated rings. The summed E-state index contributed by atoms with van der Waals surface area (Å²) in [6.45, 7) is 3.17. The highest BCUT2D eigenvalue weighted by Gasteiger charge is 2.20. The first-order chi connectivity index (χ1) is 16.1. The second-order valence-electron chi connectivity index (χ2n) is 7.77. The van der Waals surface area contributed by atoms with Crippen LogP contribution in [0.5, 0.6) is 0 Å². The summed E-state index contributed by atoms with van der Waals surface area (Å²) in [7, 11) is 1.73. The van der Waals surface area contributed by atoms with Crippen molar-refractivity contribution in [2.75, 3.05) is 32.8 Å². The van der Waals surface area contributed by atoms with E-state index < -0.39 is 0 Å². The predicted molar refractivity (Wildman–Crippen MR) is 118 cm³/mol. The largest absolute Gasteiger partial charge is 0.379 e. The molecule has 0 saturated carbocycles. The number of nitrogens with zero attached hydrogens (tertiary/aromatic N) is 7. The molecule has 0 atom stereocenters. The molecule has 1 aliphatic rings. The van der Waals surface area contributed by atoms with Gasteiger partial charge in [0, 0.05) is 43.7 Å². The Bertz CT molecular complexity index is 1280. The Balaban J connectivity index is 1.37. The van der Waals surface area contributed by atoms with Gasteiger partial charge in [-0.15, -0.1) is 5.10 Å². The summed E-state index contributed by atoms with van der Waals surface area (Å²) < 4.78 is 23.0. The Kier molecular flexibility index (Phi) is 5.76. The Morgan fingerprint density at radius 2 is 1.94 bits per heavy atom. The quantitative estimate of drug-likeness (QED) is 0.419. The summed E-state index contributed by atoms with van der Waals surface area (Å²) in [5, 5.41) is 8.20. The summed E-state index contributed by atoms with van der Waals surface area (Å²) in [6.07, 6.45) is 4.97. The fourth-order valence-electron chi connectivity index (χ4n) is 3.81. The molecule has 3 aromatic heterocycles. The number of benzene rings is 1. The molecule has 1 aromatic carbocycles. The first-order valence-corrected chi connectivity index (χ1v) is 10.6. The second kappa shape index (κ2) is 9.00. The molecule has 0 unspecified atom stereocenters. The van der Waals surface area contributed by atoms with Gasteiger partial charge < -0.3 is 4.74 Å². The molecule has 33 heavy (non-hydrogen) atoms. The van der Waals surface area contributed by atoms with Crippen molar-refractivity contribution in [3.63, 3.8) is 0 Å². The van der Waals surface area contributed by atoms with Crippen molar-refractivity contribution in [3.8, 4) is 28.5 Å². The van der Waals surface area contributed by atoms with E-state index in [1.807, 2.05) is 0 Å². The van der Waals surface area contributed by atoms with Gasteiger partial charge in [-0.05, 0) is 24.3 Å². The molecule has 0 bridgehead atoms. The maximum absolute atomic E-state index is 14.4. The number of morpholine rings is 1. The van der Waals surface area contributed by atoms with Gasteiger partial charge in [0.15, 0.2) is 5.78 Å². The van der Waals surface area contributed by atoms with Gasteiger partial charge in [-0.3, -0.25) is 14.3 Å². The molecule has 168 valence electrons. The molecule has 0 N–H and O–H groups in total. The number of carbonyl (C=O) groups excluding carboxylic acids is 1. The molecule has 0 amide bonds. The van der Waals surface area contributed by atoms with E-state index in [4.69, 9.17) is 4.74 Å². The van der Waals surface area contributed by atoms with Gasteiger partial charge in [0.25, 0.3) is 0 Å². The number of ether oxygens (including phenoxy) is 1. The van der Waals surface area contributed by atoms with E-state index in [1.165, 1.54) is 6.07 Å². The summed E-state index contributed by atoms with van der Waals surface area (Å²) in [5.41, 5.74) is 2.50. The Labute approximate surface area is 189 Å². The molecule has 10 heteroatoms. The minimum absolute atomic E-state index is 0.0257. The first-order valence-electron chi connectivity index (χ1n) is 10.6. The molecule has 4 heterocycles. The number of rotatable bonds is 6. The Morgan fingerprint density at radius 1 is 1.12 bits per heavy atom. The molecule has 0 radical (unpaired) electrons. The molecule has 5 rings (SSSR count). The lowest BCUT2D eigenvalue weighted by Crippen LogP contribution is -2.39. The van der Waals surface area contributed by atoms with Crippen LogP contribution in [0.3, 0.4) is 0 Å². The number of carbonyl (C=O) groups is 1. The summed E-state index contributed by atoms with van der Waals surface area (Å²) in [4.78, 5) is 23.5. The molecular formula is C23H22FN7O2. The number of imidazole rings is 1. The lowest BCUT2D eigenvalue weighted by atomic mass is 10.1. The van der Waals surface area contributed by atoms with Crippen LogP contribution in [0.25, 0.3) is 28.5 Å². The van der Waals surface area contributed by atoms with E-state index >= 15 is 0 Å². The topological polar surface area (TPSA) is 91.0 Å². The normalized spacial score (nSPS) is 14.5. The van der Waals surface area contributed by atoms with Crippen LogP contribution in [0.2, 0.25) is 0 Å². The fourth-order valence-corrected chi connectivity index (χ4v) is 3.81. The highest BCUT2D eigenvalue weighted by molar-refractivity contribution is 5.97. The number of ketones is 1. The van der Waals surface area contributed by atoms with Crippen LogP contribution < -0.4 is 0 Å². The molecule has 1 aliphatic heterocycles. The van der Waals surface area contributed by atoms with Gasteiger partial charge in [0.2, 0.25) is 0 Å². The van der Waals surface area contributed by atoms with E-state index in [-0.39, 0.29) is 11.6 Å². The molecule has 0 aliphatic carbocycles. The van der Waals surface area contributed by atoms with E-state index in [1.54, 1.807) is 65.3 Å². The number of aromatic nitrogens is 6. The van der Waals surface area contributed by atoms with Gasteiger partial charge in [0.05, 0.1) is 19.8 Å². The predicted octanol–water partition coefficient (Wildman–Crippen LogP) is 2.38. The third-order valence-electron chi connectivity index (χ3n) is 5.59. The SMILES string of the molecule is Cn1nnc(-c2ccccc2F)c1-c1cn(-c2ccc(C(=O)CN3CCOCC3)cn2)cn1. The van der Waals surface area contributed by atoms with Gasteiger partial charge in [0.1, 0.15) is 35.0 Å². The van der Waals surface area contributed by atoms with Crippen LogP contribution >= 0.6 is 0 Å². The molecular weight excluding hydrogens is 425 g/mol. The molecule has 4 aromatic rings. The standard InChI is InChI=1S/C23H22FN7O2/c1-29-23(22(27-28-29)17-4-2-3-5-18(17)24)19-13-31(15-26-19)21-7-6-16(12-25-21)20(32)14-30-8-10-33-11-9-30/h2-7,12-13,15H,8-11,14H2,1H3. The molecule has 9 nitrogen and oxygen atoms in total. The minimum atomic E-state index is -0.377. The van der Waals surface area contributed by atoms with Crippen molar-refractivity contribution >= 4 is 5.78 Å². The fraction of sp³-hybridized carbons (Fsp3) is 0.261. The lowest BCUT2D eigenvalue weighted by Gasteiger charge is -2.25. The van der Waals surface area contributed by atoms with Crippen LogP contribution in [-0.4, -0.2) is 73.1 Å². The molecule has 0 spiro atoms. The zero-order chi connectivity index (χ0) is 22.8. The zero-order valence-electron chi connectivity index (χ0n) is 18.1. The van der Waals surface area contributed by atoms with E-state index in [2.05, 4.69) is 25.2 Å². The first kappa shape index (κ1) is 21.1. The van der Waals surface area contributed by atoms with Crippen molar-refractivity contribution in [2.45, 2.75) is 0 Å². The Morgan fingerprint density at radius 3 is 2.70 bits per heavy atom. The van der Waals surface area contributed by atoms with Crippen LogP contribution in [0, 0.1) is 5.82 Å². The minimum Gasteiger partial charge on any atom is -0.379 e. The van der Waals surface area contributed by atoms with Crippen LogP contribution in [0.1, 0.15) is 10.4 Å². The van der Waals surface area contributed by atoms with Crippen LogP contribution in [-0.2, 0) is 11.8 Å². The monoisotopic (exact) mass is 447 g/mol. The van der Waals surface area contributed by atoms with Crippen molar-refractivity contribution in [1.82, 2.24) is 34.4 Å². The number of Topliss-reactive ketones (excluding diaryl/α,β-unsaturated/α-hetero) is 1. The number of halogens is 1. The van der Waals surface area contributed by atoms with E-state index in [0.29, 0.717) is 53.8 Å². The number of hydrogen-bond donors (Lipinski definition) is 0. The lowest BCUT2D eigenvalue weighted by molar-refractivity contribution is 0.0371. The Hall–Kier alpha value is -3.76. The maximum Gasteiger partial charge on any atom is 0.178 e. The van der Waals surface area contributed by atoms with Crippen molar-refractivity contribution in [2.24, 2.45) is 7.05 Å². The van der Waals surface area contributed by atoms with Crippen molar-refractivity contribution in [3.05, 3.63) is 66.5 Å². The average molecular weight is 447 g/mol. The smallest absolute Gasteiger partial charge is 0.178 e. The number of pyridine rings is 1. The van der Waals surface area contributed by atoms with Gasteiger partial charge in [-0.2, -0.15) is 0 Å². The zero-order valence-corrected chi connectivity index (χ0v) is 18.1. The third-order valence-corrected chi connectivity index (χ3v) is 5.59. The van der Waals surface area contributed by atoms with Crippen molar-refractivity contribution in [1.29, 1.82) is 0 Å². The molecule has 1 saturated heterocycles. The highest BCUT2D eigenvalue weighted by Crippen LogP contribution is 2.30. The second-order valence-corrected chi connectivity index (χ2v) is 7.77. The summed E-state index contributed by atoms with van der Waals surface area (Å²) in [5.74, 6) is 0.259. The van der Waals surface area contributed by atoms with Crippen LogP contribution in [0.15, 0.2) is 55.1 Å². The van der Waals surface area contributed by atoms with Crippen LogP contribution in [0.4, 0.5) is 4.39 Å². The average Bonchev–Trinajstić information content (AvgIpc) is 3.47. The summed E-state index contributed by atoms with van der Waals surface area (Å²) in [6, 6.07) is 9.97. The van der Waals surface area contributed by atoms with Gasteiger partial charge >= 0.3 is 0 Å². The van der Waals surface area contributed by atoms with Crippen molar-refractivity contribution < 1.29 is 13.9 Å². The maximum atomic E-state index is 14.4. The van der Waals surface area contributed by atoms with Gasteiger partial charge in [-0.25, -0.2) is 19.0 Å². The number of aryl methyl sites for hydroxylation is 1. The summed E-state index contributed by atoms with van der Waals surface area (Å²) >= 11 is 0. The highest BCUT2D eigenvalue weighted by atomic mass is 19.1. The van der Waals surface area contributed by atoms with E-state index in [9.17, 15) is 9.18 Å². The van der Waals surface area contributed by atoms with Gasteiger partial charge in [-0.1, -0.05) is 17.3 Å². The number of hydrogen-bond acceptors (Lipinski definition) is 7. The van der Waals surface area contributed by atoms with E-state index in [0.717, 1.165) is 13.1 Å².